The molecule has 0 saturated heterocycles. The number of hydrogen-bond acceptors (Lipinski definition) is 2. The molecular formula is C11H14Br2N2O. The van der Waals surface area contributed by atoms with Gasteiger partial charge in [0, 0.05) is 8.95 Å². The first-order valence-corrected chi connectivity index (χ1v) is 6.56. The highest BCUT2D eigenvalue weighted by Gasteiger charge is 2.14. The molecule has 1 aromatic carbocycles. The Kier molecular flexibility index (Phi) is 4.95. The number of anilines is 1. The summed E-state index contributed by atoms with van der Waals surface area (Å²) < 4.78 is 1.69. The van der Waals surface area contributed by atoms with E-state index in [2.05, 4.69) is 37.2 Å². The molecule has 0 spiro atoms. The largest absolute Gasteiger partial charge is 0.323 e. The molecule has 0 fully saturated rings. The molecular weight excluding hydrogens is 336 g/mol. The van der Waals surface area contributed by atoms with Crippen molar-refractivity contribution in [2.45, 2.75) is 26.3 Å². The smallest absolute Gasteiger partial charge is 0.241 e. The first kappa shape index (κ1) is 13.7. The lowest BCUT2D eigenvalue weighted by molar-refractivity contribution is -0.117. The van der Waals surface area contributed by atoms with Crippen molar-refractivity contribution in [2.24, 2.45) is 5.73 Å². The van der Waals surface area contributed by atoms with Gasteiger partial charge >= 0.3 is 0 Å². The number of nitrogens with one attached hydrogen (secondary N) is 1. The Morgan fingerprint density at radius 1 is 1.44 bits per heavy atom. The minimum Gasteiger partial charge on any atom is -0.323 e. The summed E-state index contributed by atoms with van der Waals surface area (Å²) in [5.74, 6) is -0.173. The fourth-order valence-electron chi connectivity index (χ4n) is 1.22. The summed E-state index contributed by atoms with van der Waals surface area (Å²) in [6.07, 6.45) is 0.618. The van der Waals surface area contributed by atoms with Crippen LogP contribution in [-0.4, -0.2) is 11.9 Å². The van der Waals surface area contributed by atoms with Crippen molar-refractivity contribution >= 4 is 43.5 Å². The normalized spacial score (nSPS) is 12.3. The zero-order chi connectivity index (χ0) is 12.3. The Bertz CT molecular complexity index is 384. The maximum Gasteiger partial charge on any atom is 0.241 e. The van der Waals surface area contributed by atoms with Gasteiger partial charge in [-0.1, -0.05) is 6.92 Å². The first-order chi connectivity index (χ1) is 7.45. The van der Waals surface area contributed by atoms with E-state index in [1.807, 2.05) is 26.0 Å². The third-order valence-corrected chi connectivity index (χ3v) is 3.46. The van der Waals surface area contributed by atoms with Crippen LogP contribution in [0.25, 0.3) is 0 Å². The standard InChI is InChI=1S/C11H14Br2N2O/c1-3-9(14)11(16)15-10-7(12)4-6(2)5-8(10)13/h4-5,9H,3,14H2,1-2H3,(H,15,16)/t9-/m0/s1. The molecule has 3 N–H and O–H groups in total. The molecule has 0 bridgehead atoms. The number of aryl methyl sites for hydroxylation is 1. The highest BCUT2D eigenvalue weighted by atomic mass is 79.9. The van der Waals surface area contributed by atoms with Crippen LogP contribution < -0.4 is 11.1 Å². The van der Waals surface area contributed by atoms with Gasteiger partial charge in [-0.3, -0.25) is 4.79 Å². The van der Waals surface area contributed by atoms with Crippen molar-refractivity contribution < 1.29 is 4.79 Å². The highest BCUT2D eigenvalue weighted by molar-refractivity contribution is 9.11. The van der Waals surface area contributed by atoms with Crippen LogP contribution in [0.3, 0.4) is 0 Å². The van der Waals surface area contributed by atoms with Gasteiger partial charge in [-0.25, -0.2) is 0 Å². The summed E-state index contributed by atoms with van der Waals surface area (Å²) in [6.45, 7) is 3.86. The van der Waals surface area contributed by atoms with Crippen LogP contribution in [0.1, 0.15) is 18.9 Å². The van der Waals surface area contributed by atoms with E-state index in [0.717, 1.165) is 20.2 Å². The Hall–Kier alpha value is -0.390. The van der Waals surface area contributed by atoms with Gasteiger partial charge in [0.2, 0.25) is 5.91 Å². The van der Waals surface area contributed by atoms with Crippen molar-refractivity contribution in [3.05, 3.63) is 26.6 Å². The lowest BCUT2D eigenvalue weighted by Gasteiger charge is -2.13. The van der Waals surface area contributed by atoms with Crippen molar-refractivity contribution in [1.82, 2.24) is 0 Å². The molecule has 0 aliphatic rings. The van der Waals surface area contributed by atoms with Crippen LogP contribution in [0.2, 0.25) is 0 Å². The van der Waals surface area contributed by atoms with Gasteiger partial charge in [0.15, 0.2) is 0 Å². The van der Waals surface area contributed by atoms with Crippen LogP contribution in [0.5, 0.6) is 0 Å². The van der Waals surface area contributed by atoms with Gasteiger partial charge in [0.05, 0.1) is 11.7 Å². The fraction of sp³-hybridized carbons (Fsp3) is 0.364. The molecule has 0 aromatic heterocycles. The zero-order valence-electron chi connectivity index (χ0n) is 9.18. The summed E-state index contributed by atoms with van der Waals surface area (Å²) in [7, 11) is 0. The predicted molar refractivity (Wildman–Crippen MR) is 73.5 cm³/mol. The van der Waals surface area contributed by atoms with E-state index >= 15 is 0 Å². The van der Waals surface area contributed by atoms with Crippen LogP contribution in [-0.2, 0) is 4.79 Å². The molecule has 1 atom stereocenters. The second kappa shape index (κ2) is 5.80. The molecule has 88 valence electrons. The minimum atomic E-state index is -0.472. The van der Waals surface area contributed by atoms with E-state index in [4.69, 9.17) is 5.73 Å². The van der Waals surface area contributed by atoms with Crippen molar-refractivity contribution in [3.63, 3.8) is 0 Å². The van der Waals surface area contributed by atoms with E-state index in [1.54, 1.807) is 0 Å². The monoisotopic (exact) mass is 348 g/mol. The zero-order valence-corrected chi connectivity index (χ0v) is 12.4. The average molecular weight is 350 g/mol. The number of carbonyl (C=O) groups is 1. The van der Waals surface area contributed by atoms with Gasteiger partial charge in [-0.05, 0) is 62.9 Å². The number of nitrogens with two attached hydrogens (primary N) is 1. The topological polar surface area (TPSA) is 55.1 Å². The maximum atomic E-state index is 11.7. The van der Waals surface area contributed by atoms with E-state index in [1.165, 1.54) is 0 Å². The van der Waals surface area contributed by atoms with Crippen molar-refractivity contribution in [1.29, 1.82) is 0 Å². The molecule has 1 rings (SSSR count). The summed E-state index contributed by atoms with van der Waals surface area (Å²) in [5, 5.41) is 2.80. The van der Waals surface area contributed by atoms with Crippen LogP contribution in [0.4, 0.5) is 5.69 Å². The van der Waals surface area contributed by atoms with Gasteiger partial charge in [-0.2, -0.15) is 0 Å². The Balaban J connectivity index is 2.93. The van der Waals surface area contributed by atoms with Crippen molar-refractivity contribution in [3.8, 4) is 0 Å². The Labute approximate surface area is 112 Å². The Morgan fingerprint density at radius 2 is 1.94 bits per heavy atom. The highest BCUT2D eigenvalue weighted by Crippen LogP contribution is 2.32. The van der Waals surface area contributed by atoms with Gasteiger partial charge in [-0.15, -0.1) is 0 Å². The van der Waals surface area contributed by atoms with Crippen LogP contribution in [0, 0.1) is 6.92 Å². The number of benzene rings is 1. The second-order valence-corrected chi connectivity index (χ2v) is 5.32. The number of rotatable bonds is 3. The summed E-state index contributed by atoms with van der Waals surface area (Å²) in [5.41, 5.74) is 7.48. The Morgan fingerprint density at radius 3 is 2.38 bits per heavy atom. The summed E-state index contributed by atoms with van der Waals surface area (Å²) in [6, 6.07) is 3.41. The van der Waals surface area contributed by atoms with Crippen molar-refractivity contribution in [2.75, 3.05) is 5.32 Å². The fourth-order valence-corrected chi connectivity index (χ4v) is 2.83. The molecule has 0 unspecified atom stereocenters. The molecule has 3 nitrogen and oxygen atoms in total. The number of hydrogen-bond donors (Lipinski definition) is 2. The SMILES string of the molecule is CC[C@H](N)C(=O)Nc1c(Br)cc(C)cc1Br. The third kappa shape index (κ3) is 3.30. The van der Waals surface area contributed by atoms with E-state index in [-0.39, 0.29) is 5.91 Å². The van der Waals surface area contributed by atoms with Gasteiger partial charge in [0.1, 0.15) is 0 Å². The van der Waals surface area contributed by atoms with E-state index < -0.39 is 6.04 Å². The number of halogens is 2. The third-order valence-electron chi connectivity index (χ3n) is 2.21. The van der Waals surface area contributed by atoms with E-state index in [0.29, 0.717) is 6.42 Å². The molecule has 5 heteroatoms. The lowest BCUT2D eigenvalue weighted by Crippen LogP contribution is -2.35. The molecule has 1 amide bonds. The summed E-state index contributed by atoms with van der Waals surface area (Å²) >= 11 is 6.82. The number of amides is 1. The average Bonchev–Trinajstić information content (AvgIpc) is 2.21. The molecule has 0 aliphatic heterocycles. The maximum absolute atomic E-state index is 11.7. The van der Waals surface area contributed by atoms with Crippen LogP contribution >= 0.6 is 31.9 Å². The molecule has 0 saturated carbocycles. The van der Waals surface area contributed by atoms with Gasteiger partial charge < -0.3 is 11.1 Å². The predicted octanol–water partition coefficient (Wildman–Crippen LogP) is 3.20. The quantitative estimate of drug-likeness (QED) is 0.880. The van der Waals surface area contributed by atoms with Gasteiger partial charge in [0.25, 0.3) is 0 Å². The summed E-state index contributed by atoms with van der Waals surface area (Å²) in [4.78, 5) is 11.7. The second-order valence-electron chi connectivity index (χ2n) is 3.61. The van der Waals surface area contributed by atoms with E-state index in [9.17, 15) is 4.79 Å². The minimum absolute atomic E-state index is 0.173. The molecule has 0 heterocycles. The molecule has 0 radical (unpaired) electrons. The lowest BCUT2D eigenvalue weighted by atomic mass is 10.2. The molecule has 1 aromatic rings. The number of carbonyl (C=O) groups excluding carboxylic acids is 1. The molecule has 0 aliphatic carbocycles. The first-order valence-electron chi connectivity index (χ1n) is 4.97. The molecule has 16 heavy (non-hydrogen) atoms. The van der Waals surface area contributed by atoms with Crippen LogP contribution in [0.15, 0.2) is 21.1 Å².